The molecule has 22 heavy (non-hydrogen) atoms. The van der Waals surface area contributed by atoms with Crippen molar-refractivity contribution >= 4 is 15.9 Å². The summed E-state index contributed by atoms with van der Waals surface area (Å²) >= 11 is 0. The number of nitrogens with two attached hydrogens (primary N) is 1. The van der Waals surface area contributed by atoms with Crippen LogP contribution < -0.4 is 11.2 Å². The predicted octanol–water partition coefficient (Wildman–Crippen LogP) is 0.880. The van der Waals surface area contributed by atoms with E-state index in [9.17, 15) is 13.2 Å². The molecular formula is C15H17N3O3S. The Morgan fingerprint density at radius 1 is 1.18 bits per heavy atom. The van der Waals surface area contributed by atoms with Gasteiger partial charge in [0.2, 0.25) is 5.91 Å². The van der Waals surface area contributed by atoms with Crippen molar-refractivity contribution in [1.82, 2.24) is 4.57 Å². The molecule has 0 spiro atoms. The molecule has 1 amide bonds. The fourth-order valence-electron chi connectivity index (χ4n) is 1.96. The Morgan fingerprint density at radius 2 is 1.82 bits per heavy atom. The molecule has 6 nitrogen and oxygen atoms in total. The fourth-order valence-corrected chi connectivity index (χ4v) is 3.02. The molecule has 7 heteroatoms. The highest BCUT2D eigenvalue weighted by Crippen LogP contribution is 2.12. The molecule has 0 bridgehead atoms. The standard InChI is InChI=1S/C15H17N3O3S/c1-11-5-7-13(8-6-11)22(20,21)17-15-12(2)4-3-9-18(15)10-14(16)19/h3-9H,10H2,1-2H3,(H2,16,19)/b17-15-. The summed E-state index contributed by atoms with van der Waals surface area (Å²) in [4.78, 5) is 11.2. The van der Waals surface area contributed by atoms with Gasteiger partial charge in [0, 0.05) is 6.20 Å². The number of rotatable bonds is 4. The minimum Gasteiger partial charge on any atom is -0.368 e. The predicted molar refractivity (Wildman–Crippen MR) is 82.3 cm³/mol. The number of aromatic nitrogens is 1. The summed E-state index contributed by atoms with van der Waals surface area (Å²) in [7, 11) is -3.86. The minimum absolute atomic E-state index is 0.104. The molecule has 0 aliphatic rings. The van der Waals surface area contributed by atoms with E-state index >= 15 is 0 Å². The second-order valence-electron chi connectivity index (χ2n) is 4.99. The van der Waals surface area contributed by atoms with Crippen molar-refractivity contribution in [1.29, 1.82) is 0 Å². The number of nitrogens with zero attached hydrogens (tertiary/aromatic N) is 2. The van der Waals surface area contributed by atoms with Crippen LogP contribution >= 0.6 is 0 Å². The smallest absolute Gasteiger partial charge is 0.284 e. The zero-order valence-corrected chi connectivity index (χ0v) is 13.2. The number of benzene rings is 1. The van der Waals surface area contributed by atoms with E-state index in [4.69, 9.17) is 5.73 Å². The third-order valence-electron chi connectivity index (χ3n) is 3.09. The normalized spacial score (nSPS) is 12.4. The fraction of sp³-hybridized carbons (Fsp3) is 0.200. The van der Waals surface area contributed by atoms with Gasteiger partial charge in [-0.1, -0.05) is 23.8 Å². The van der Waals surface area contributed by atoms with Crippen LogP contribution in [0.3, 0.4) is 0 Å². The second kappa shape index (κ2) is 6.15. The van der Waals surface area contributed by atoms with Gasteiger partial charge in [0.25, 0.3) is 10.0 Å². The second-order valence-corrected chi connectivity index (χ2v) is 6.59. The maximum atomic E-state index is 12.4. The number of amides is 1. The van der Waals surface area contributed by atoms with Gasteiger partial charge < -0.3 is 10.3 Å². The molecule has 2 N–H and O–H groups in total. The van der Waals surface area contributed by atoms with E-state index in [1.165, 1.54) is 16.7 Å². The van der Waals surface area contributed by atoms with E-state index in [0.717, 1.165) is 5.56 Å². The van der Waals surface area contributed by atoms with Gasteiger partial charge >= 0.3 is 0 Å². The van der Waals surface area contributed by atoms with Gasteiger partial charge in [-0.2, -0.15) is 8.42 Å². The summed E-state index contributed by atoms with van der Waals surface area (Å²) in [6, 6.07) is 9.85. The molecule has 2 aromatic rings. The van der Waals surface area contributed by atoms with Gasteiger partial charge in [0.15, 0.2) is 0 Å². The molecule has 1 heterocycles. The van der Waals surface area contributed by atoms with Crippen LogP contribution in [0.1, 0.15) is 11.1 Å². The number of carbonyl (C=O) groups is 1. The first-order valence-corrected chi connectivity index (χ1v) is 8.05. The molecule has 0 saturated carbocycles. The van der Waals surface area contributed by atoms with Crippen molar-refractivity contribution in [2.45, 2.75) is 25.3 Å². The minimum atomic E-state index is -3.86. The lowest BCUT2D eigenvalue weighted by Crippen LogP contribution is -2.30. The highest BCUT2D eigenvalue weighted by molar-refractivity contribution is 7.90. The SMILES string of the molecule is Cc1ccc(S(=O)(=O)/N=c2/c(C)cccn2CC(N)=O)cc1. The van der Waals surface area contributed by atoms with Crippen LogP contribution in [-0.4, -0.2) is 18.9 Å². The van der Waals surface area contributed by atoms with Crippen LogP contribution in [0.15, 0.2) is 51.9 Å². The van der Waals surface area contributed by atoms with E-state index in [0.29, 0.717) is 5.56 Å². The highest BCUT2D eigenvalue weighted by atomic mass is 32.2. The number of hydrogen-bond acceptors (Lipinski definition) is 3. The average molecular weight is 319 g/mol. The van der Waals surface area contributed by atoms with Crippen LogP contribution in [0.4, 0.5) is 0 Å². The van der Waals surface area contributed by atoms with Gasteiger partial charge in [-0.05, 0) is 37.6 Å². The van der Waals surface area contributed by atoms with E-state index in [1.54, 1.807) is 37.4 Å². The third-order valence-corrected chi connectivity index (χ3v) is 4.37. The van der Waals surface area contributed by atoms with Crippen LogP contribution in [0.2, 0.25) is 0 Å². The van der Waals surface area contributed by atoms with E-state index < -0.39 is 15.9 Å². The number of pyridine rings is 1. The molecule has 0 saturated heterocycles. The first-order chi connectivity index (χ1) is 10.3. The molecule has 0 fully saturated rings. The lowest BCUT2D eigenvalue weighted by atomic mass is 10.2. The maximum absolute atomic E-state index is 12.4. The quantitative estimate of drug-likeness (QED) is 0.906. The zero-order valence-electron chi connectivity index (χ0n) is 12.4. The summed E-state index contributed by atoms with van der Waals surface area (Å²) in [5.41, 5.74) is 6.98. The van der Waals surface area contributed by atoms with E-state index in [1.807, 2.05) is 6.92 Å². The van der Waals surface area contributed by atoms with E-state index in [-0.39, 0.29) is 16.9 Å². The molecule has 0 unspecified atom stereocenters. The van der Waals surface area contributed by atoms with Gasteiger partial charge in [-0.25, -0.2) is 0 Å². The summed E-state index contributed by atoms with van der Waals surface area (Å²) in [5, 5.41) is 0. The van der Waals surface area contributed by atoms with Crippen LogP contribution in [0, 0.1) is 13.8 Å². The lowest BCUT2D eigenvalue weighted by molar-refractivity contribution is -0.118. The van der Waals surface area contributed by atoms with Gasteiger partial charge in [0.05, 0.1) is 4.90 Å². The molecule has 1 aromatic heterocycles. The Hall–Kier alpha value is -2.41. The van der Waals surface area contributed by atoms with Crippen molar-refractivity contribution in [3.63, 3.8) is 0 Å². The highest BCUT2D eigenvalue weighted by Gasteiger charge is 2.13. The zero-order chi connectivity index (χ0) is 16.3. The van der Waals surface area contributed by atoms with Gasteiger partial charge in [-0.15, -0.1) is 4.40 Å². The van der Waals surface area contributed by atoms with Crippen molar-refractivity contribution in [3.05, 3.63) is 59.2 Å². The molecule has 0 aliphatic carbocycles. The first kappa shape index (κ1) is 16.0. The average Bonchev–Trinajstić information content (AvgIpc) is 2.42. The van der Waals surface area contributed by atoms with Crippen molar-refractivity contribution in [2.24, 2.45) is 10.1 Å². The summed E-state index contributed by atoms with van der Waals surface area (Å²) in [6.07, 6.45) is 1.57. The van der Waals surface area contributed by atoms with Gasteiger partial charge in [-0.3, -0.25) is 4.79 Å². The van der Waals surface area contributed by atoms with Crippen molar-refractivity contribution in [2.75, 3.05) is 0 Å². The topological polar surface area (TPSA) is 94.5 Å². The van der Waals surface area contributed by atoms with Gasteiger partial charge in [0.1, 0.15) is 12.0 Å². The number of carbonyl (C=O) groups excluding carboxylic acids is 1. The monoisotopic (exact) mass is 319 g/mol. The Kier molecular flexibility index (Phi) is 4.46. The summed E-state index contributed by atoms with van der Waals surface area (Å²) in [5.74, 6) is -0.570. The largest absolute Gasteiger partial charge is 0.368 e. The van der Waals surface area contributed by atoms with Crippen LogP contribution in [0.5, 0.6) is 0 Å². The maximum Gasteiger partial charge on any atom is 0.284 e. The molecule has 1 aromatic carbocycles. The lowest BCUT2D eigenvalue weighted by Gasteiger charge is -2.07. The molecule has 0 radical (unpaired) electrons. The number of sulfonamides is 1. The molecule has 0 aliphatic heterocycles. The van der Waals surface area contributed by atoms with Crippen LogP contribution in [0.25, 0.3) is 0 Å². The third kappa shape index (κ3) is 3.62. The molecular weight excluding hydrogens is 302 g/mol. The van der Waals surface area contributed by atoms with Crippen molar-refractivity contribution < 1.29 is 13.2 Å². The molecule has 0 atom stereocenters. The molecule has 116 valence electrons. The summed E-state index contributed by atoms with van der Waals surface area (Å²) in [6.45, 7) is 3.46. The van der Waals surface area contributed by atoms with Crippen molar-refractivity contribution in [3.8, 4) is 0 Å². The Morgan fingerprint density at radius 3 is 2.41 bits per heavy atom. The number of hydrogen-bond donors (Lipinski definition) is 1. The number of primary amides is 1. The summed E-state index contributed by atoms with van der Waals surface area (Å²) < 4.78 is 30.1. The first-order valence-electron chi connectivity index (χ1n) is 6.61. The van der Waals surface area contributed by atoms with E-state index in [2.05, 4.69) is 4.40 Å². The number of aryl methyl sites for hydroxylation is 2. The Labute approximate surface area is 129 Å². The Bertz CT molecular complexity index is 866. The molecule has 2 rings (SSSR count). The Balaban J connectivity index is 2.61. The van der Waals surface area contributed by atoms with Crippen LogP contribution in [-0.2, 0) is 21.4 Å².